The van der Waals surface area contributed by atoms with Crippen LogP contribution in [0.5, 0.6) is 0 Å². The minimum Gasteiger partial charge on any atom is -0.391 e. The summed E-state index contributed by atoms with van der Waals surface area (Å²) in [5.41, 5.74) is 4.85. The Labute approximate surface area is 268 Å². The third kappa shape index (κ3) is 7.24. The average Bonchev–Trinajstić information content (AvgIpc) is 3.78. The summed E-state index contributed by atoms with van der Waals surface area (Å²) in [5.74, 6) is 0.155. The zero-order valence-electron chi connectivity index (χ0n) is 26.9. The molecular weight excluding hydrogens is 594 g/mol. The van der Waals surface area contributed by atoms with E-state index >= 15 is 0 Å². The van der Waals surface area contributed by atoms with Gasteiger partial charge in [-0.05, 0) is 43.7 Å². The summed E-state index contributed by atoms with van der Waals surface area (Å²) >= 11 is 1.60. The topological polar surface area (TPSA) is 130 Å². The number of thiazole rings is 1. The largest absolute Gasteiger partial charge is 0.391 e. The quantitative estimate of drug-likeness (QED) is 0.291. The maximum atomic E-state index is 14.1. The molecule has 2 aliphatic rings. The van der Waals surface area contributed by atoms with Crippen molar-refractivity contribution >= 4 is 29.0 Å². The molecule has 0 aliphatic carbocycles. The highest BCUT2D eigenvalue weighted by Crippen LogP contribution is 2.34. The summed E-state index contributed by atoms with van der Waals surface area (Å²) in [6, 6.07) is 8.83. The number of ether oxygens (including phenoxy) is 2. The van der Waals surface area contributed by atoms with Crippen molar-refractivity contribution < 1.29 is 28.7 Å². The van der Waals surface area contributed by atoms with Crippen LogP contribution < -0.4 is 10.2 Å². The number of β-amino-alcohol motifs (C(OH)–C–C–N with tert-alkyl or cyclic N) is 1. The number of amides is 2. The molecule has 0 spiro atoms. The Kier molecular flexibility index (Phi) is 10.6. The normalized spacial score (nSPS) is 20.6. The van der Waals surface area contributed by atoms with Gasteiger partial charge in [0.25, 0.3) is 0 Å². The standard InChI is InChI=1S/C33H45N5O6S/c1-19(2)29(27-16-28(36-44-27)37-13-11-24(12-14-37)33(42-5)43-6)32(41)38-17-25(39)15-26(38)31(40)35-20(3)22-7-9-23(10-8-22)30-21(4)34-18-45-30/h7-10,16,18-20,24-26,29,33,39H,11-15,17H2,1-6H3,(H,35,40)/t20-,25+,26-,29-/m0/s1. The Morgan fingerprint density at radius 1 is 1.11 bits per heavy atom. The first-order valence-corrected chi connectivity index (χ1v) is 16.6. The predicted molar refractivity (Wildman–Crippen MR) is 172 cm³/mol. The number of carbonyl (C=O) groups is 2. The summed E-state index contributed by atoms with van der Waals surface area (Å²) in [4.78, 5) is 36.7. The van der Waals surface area contributed by atoms with Gasteiger partial charge in [0.1, 0.15) is 12.0 Å². The van der Waals surface area contributed by atoms with Crippen LogP contribution in [0, 0.1) is 18.8 Å². The van der Waals surface area contributed by atoms with Crippen LogP contribution in [0.2, 0.25) is 0 Å². The van der Waals surface area contributed by atoms with E-state index < -0.39 is 18.1 Å². The van der Waals surface area contributed by atoms with E-state index in [1.165, 1.54) is 4.90 Å². The number of carbonyl (C=O) groups excluding carboxylic acids is 2. The molecule has 0 unspecified atom stereocenters. The monoisotopic (exact) mass is 639 g/mol. The lowest BCUT2D eigenvalue weighted by Crippen LogP contribution is -2.48. The molecule has 12 heteroatoms. The van der Waals surface area contributed by atoms with Gasteiger partial charge in [0.05, 0.1) is 28.2 Å². The number of nitrogens with zero attached hydrogens (tertiary/aromatic N) is 4. The van der Waals surface area contributed by atoms with E-state index in [1.807, 2.05) is 63.5 Å². The molecule has 1 aromatic carbocycles. The van der Waals surface area contributed by atoms with E-state index in [4.69, 9.17) is 14.0 Å². The number of hydrogen-bond donors (Lipinski definition) is 2. The molecule has 4 atom stereocenters. The lowest BCUT2D eigenvalue weighted by atomic mass is 9.91. The summed E-state index contributed by atoms with van der Waals surface area (Å²) in [7, 11) is 3.32. The van der Waals surface area contributed by atoms with E-state index in [0.717, 1.165) is 47.6 Å². The molecule has 45 heavy (non-hydrogen) atoms. The fourth-order valence-electron chi connectivity index (χ4n) is 6.57. The number of aliphatic hydroxyl groups is 1. The van der Waals surface area contributed by atoms with E-state index in [0.29, 0.717) is 17.5 Å². The van der Waals surface area contributed by atoms with Gasteiger partial charge in [0.15, 0.2) is 17.9 Å². The number of aromatic nitrogens is 2. The minimum absolute atomic E-state index is 0.0894. The third-order valence-corrected chi connectivity index (χ3v) is 10.1. The van der Waals surface area contributed by atoms with Crippen LogP contribution >= 0.6 is 11.3 Å². The summed E-state index contributed by atoms with van der Waals surface area (Å²) in [5, 5.41) is 18.0. The van der Waals surface area contributed by atoms with Gasteiger partial charge in [-0.3, -0.25) is 9.59 Å². The highest BCUT2D eigenvalue weighted by Gasteiger charge is 2.43. The molecule has 2 amide bonds. The van der Waals surface area contributed by atoms with Gasteiger partial charge in [-0.1, -0.05) is 43.3 Å². The fourth-order valence-corrected chi connectivity index (χ4v) is 7.38. The number of aryl methyl sites for hydroxylation is 1. The minimum atomic E-state index is -0.788. The molecule has 2 N–H and O–H groups in total. The average molecular weight is 640 g/mol. The van der Waals surface area contributed by atoms with Gasteiger partial charge in [-0.15, -0.1) is 11.3 Å². The first-order chi connectivity index (χ1) is 21.6. The maximum Gasteiger partial charge on any atom is 0.243 e. The number of aliphatic hydroxyl groups excluding tert-OH is 1. The number of hydrogen-bond acceptors (Lipinski definition) is 10. The lowest BCUT2D eigenvalue weighted by molar-refractivity contribution is -0.141. The number of nitrogens with one attached hydrogen (secondary N) is 1. The second-order valence-electron chi connectivity index (χ2n) is 12.5. The highest BCUT2D eigenvalue weighted by atomic mass is 32.1. The number of likely N-dealkylation sites (tertiary alicyclic amines) is 1. The Hall–Kier alpha value is -3.32. The molecule has 11 nitrogen and oxygen atoms in total. The predicted octanol–water partition coefficient (Wildman–Crippen LogP) is 4.52. The highest BCUT2D eigenvalue weighted by molar-refractivity contribution is 7.13. The van der Waals surface area contributed by atoms with E-state index in [2.05, 4.69) is 20.4 Å². The lowest BCUT2D eigenvalue weighted by Gasteiger charge is -2.34. The summed E-state index contributed by atoms with van der Waals surface area (Å²) in [6.45, 7) is 9.44. The van der Waals surface area contributed by atoms with Crippen molar-refractivity contribution in [1.82, 2.24) is 20.4 Å². The molecule has 3 aromatic rings. The molecule has 2 saturated heterocycles. The van der Waals surface area contributed by atoms with Crippen molar-refractivity contribution in [3.8, 4) is 10.4 Å². The molecule has 0 bridgehead atoms. The molecule has 2 fully saturated rings. The van der Waals surface area contributed by atoms with Crippen molar-refractivity contribution in [1.29, 1.82) is 0 Å². The van der Waals surface area contributed by atoms with Gasteiger partial charge in [0.2, 0.25) is 11.8 Å². The van der Waals surface area contributed by atoms with Crippen molar-refractivity contribution in [3.05, 3.63) is 52.9 Å². The van der Waals surface area contributed by atoms with Crippen LogP contribution in [0.1, 0.15) is 69.0 Å². The third-order valence-electron chi connectivity index (χ3n) is 9.11. The van der Waals surface area contributed by atoms with Crippen molar-refractivity contribution in [3.63, 3.8) is 0 Å². The van der Waals surface area contributed by atoms with E-state index in [9.17, 15) is 14.7 Å². The molecule has 4 heterocycles. The molecule has 5 rings (SSSR count). The smallest absolute Gasteiger partial charge is 0.243 e. The van der Waals surface area contributed by atoms with E-state index in [-0.39, 0.29) is 43.0 Å². The van der Waals surface area contributed by atoms with Crippen LogP contribution in [0.3, 0.4) is 0 Å². The Balaban J connectivity index is 1.25. The van der Waals surface area contributed by atoms with Gasteiger partial charge in [-0.2, -0.15) is 0 Å². The second kappa shape index (κ2) is 14.4. The van der Waals surface area contributed by atoms with Crippen molar-refractivity contribution in [2.45, 2.75) is 77.4 Å². The Morgan fingerprint density at radius 3 is 2.40 bits per heavy atom. The summed E-state index contributed by atoms with van der Waals surface area (Å²) in [6.07, 6.45) is 0.935. The van der Waals surface area contributed by atoms with Crippen molar-refractivity contribution in [2.75, 3.05) is 38.8 Å². The Bertz CT molecular complexity index is 1430. The first-order valence-electron chi connectivity index (χ1n) is 15.7. The molecule has 0 saturated carbocycles. The first kappa shape index (κ1) is 33.1. The summed E-state index contributed by atoms with van der Waals surface area (Å²) < 4.78 is 16.7. The molecule has 2 aromatic heterocycles. The number of anilines is 1. The number of piperidine rings is 1. The zero-order chi connectivity index (χ0) is 32.2. The van der Waals surface area contributed by atoms with E-state index in [1.54, 1.807) is 25.6 Å². The van der Waals surface area contributed by atoms with Gasteiger partial charge < -0.3 is 34.2 Å². The van der Waals surface area contributed by atoms with Crippen LogP contribution in [0.15, 0.2) is 40.4 Å². The molecule has 0 radical (unpaired) electrons. The zero-order valence-corrected chi connectivity index (χ0v) is 27.8. The van der Waals surface area contributed by atoms with Crippen LogP contribution in [0.4, 0.5) is 5.82 Å². The van der Waals surface area contributed by atoms with Crippen LogP contribution in [0.25, 0.3) is 10.4 Å². The van der Waals surface area contributed by atoms with Crippen LogP contribution in [-0.2, 0) is 19.1 Å². The molecular formula is C33H45N5O6S. The molecule has 2 aliphatic heterocycles. The maximum absolute atomic E-state index is 14.1. The SMILES string of the molecule is COC(OC)C1CCN(c2cc([C@@H](C(=O)N3C[C@H](O)C[C@H]3C(=O)N[C@@H](C)c3ccc(-c4scnc4C)cc3)C(C)C)on2)CC1. The van der Waals surface area contributed by atoms with Crippen molar-refractivity contribution in [2.24, 2.45) is 11.8 Å². The number of benzene rings is 1. The molecule has 244 valence electrons. The van der Waals surface area contributed by atoms with Gasteiger partial charge in [0, 0.05) is 52.3 Å². The fraction of sp³-hybridized carbons (Fsp3) is 0.576. The van der Waals surface area contributed by atoms with Crippen LogP contribution in [-0.4, -0.2) is 84.3 Å². The second-order valence-corrected chi connectivity index (χ2v) is 13.3. The Morgan fingerprint density at radius 2 is 1.80 bits per heavy atom. The number of methoxy groups -OCH3 is 2. The van der Waals surface area contributed by atoms with Gasteiger partial charge >= 0.3 is 0 Å². The number of rotatable bonds is 11. The van der Waals surface area contributed by atoms with Gasteiger partial charge in [-0.25, -0.2) is 4.98 Å².